The Hall–Kier alpha value is -2.21. The molecule has 0 unspecified atom stereocenters. The Kier molecular flexibility index (Phi) is 8.45. The number of aliphatic hydroxyl groups excluding tert-OH is 1. The summed E-state index contributed by atoms with van der Waals surface area (Å²) in [6, 6.07) is 6.06. The largest absolute Gasteiger partial charge is 0.481 e. The lowest BCUT2D eigenvalue weighted by Gasteiger charge is -2.22. The zero-order valence-electron chi connectivity index (χ0n) is 15.5. The third-order valence-corrected chi connectivity index (χ3v) is 4.83. The minimum Gasteiger partial charge on any atom is -0.481 e. The number of hydrogen-bond acceptors (Lipinski definition) is 3. The zero-order chi connectivity index (χ0) is 19.6. The highest BCUT2D eigenvalue weighted by atomic mass is 19.1. The predicted octanol–water partition coefficient (Wildman–Crippen LogP) is 3.31. The molecule has 1 heterocycles. The van der Waals surface area contributed by atoms with Gasteiger partial charge in [0.1, 0.15) is 5.82 Å². The summed E-state index contributed by atoms with van der Waals surface area (Å²) in [6.45, 7) is 0.662. The lowest BCUT2D eigenvalue weighted by atomic mass is 10.1. The fourth-order valence-electron chi connectivity index (χ4n) is 3.34. The molecule has 0 aromatic heterocycles. The number of amides is 1. The molecule has 148 valence electrons. The number of aliphatic carboxylic acids is 1. The highest BCUT2D eigenvalue weighted by molar-refractivity contribution is 5.79. The summed E-state index contributed by atoms with van der Waals surface area (Å²) in [5, 5.41) is 18.8. The van der Waals surface area contributed by atoms with Crippen molar-refractivity contribution in [1.82, 2.24) is 4.90 Å². The smallest absolute Gasteiger partial charge is 0.303 e. The minimum atomic E-state index is -0.769. The van der Waals surface area contributed by atoms with Crippen LogP contribution in [0.25, 0.3) is 0 Å². The van der Waals surface area contributed by atoms with E-state index in [-0.39, 0.29) is 24.2 Å². The van der Waals surface area contributed by atoms with E-state index in [0.29, 0.717) is 25.8 Å². The summed E-state index contributed by atoms with van der Waals surface area (Å²) in [5.74, 6) is -0.941. The van der Waals surface area contributed by atoms with Crippen LogP contribution in [0.4, 0.5) is 4.39 Å². The molecule has 1 fully saturated rings. The van der Waals surface area contributed by atoms with E-state index in [1.165, 1.54) is 12.1 Å². The maximum Gasteiger partial charge on any atom is 0.303 e. The molecular formula is C21H28FNO4. The van der Waals surface area contributed by atoms with Crippen LogP contribution in [-0.2, 0) is 16.0 Å². The van der Waals surface area contributed by atoms with Crippen molar-refractivity contribution in [3.05, 3.63) is 47.8 Å². The van der Waals surface area contributed by atoms with Crippen LogP contribution in [0.5, 0.6) is 0 Å². The average molecular weight is 377 g/mol. The van der Waals surface area contributed by atoms with Crippen molar-refractivity contribution in [3.63, 3.8) is 0 Å². The number of halogens is 1. The molecule has 1 aromatic rings. The van der Waals surface area contributed by atoms with Gasteiger partial charge in [0.2, 0.25) is 5.91 Å². The lowest BCUT2D eigenvalue weighted by molar-refractivity contribution is -0.137. The van der Waals surface area contributed by atoms with Crippen LogP contribution in [0.2, 0.25) is 0 Å². The van der Waals surface area contributed by atoms with Crippen LogP contribution in [0.1, 0.15) is 50.5 Å². The van der Waals surface area contributed by atoms with Crippen LogP contribution in [-0.4, -0.2) is 45.7 Å². The first-order chi connectivity index (χ1) is 13.0. The maximum absolute atomic E-state index is 12.9. The summed E-state index contributed by atoms with van der Waals surface area (Å²) in [4.78, 5) is 24.4. The van der Waals surface area contributed by atoms with Gasteiger partial charge >= 0.3 is 5.97 Å². The van der Waals surface area contributed by atoms with E-state index < -0.39 is 12.1 Å². The molecule has 0 aliphatic carbocycles. The minimum absolute atomic E-state index is 0.000567. The number of likely N-dealkylation sites (tertiary alicyclic amines) is 1. The fraction of sp³-hybridized carbons (Fsp3) is 0.524. The maximum atomic E-state index is 12.9. The van der Waals surface area contributed by atoms with E-state index in [1.54, 1.807) is 18.2 Å². The Morgan fingerprint density at radius 3 is 2.63 bits per heavy atom. The highest BCUT2D eigenvalue weighted by Gasteiger charge is 2.28. The van der Waals surface area contributed by atoms with Crippen LogP contribution in [0.3, 0.4) is 0 Å². The number of nitrogens with zero attached hydrogens (tertiary/aromatic N) is 1. The van der Waals surface area contributed by atoms with Gasteiger partial charge in [-0.05, 0) is 37.0 Å². The first-order valence-electron chi connectivity index (χ1n) is 9.58. The molecule has 0 bridgehead atoms. The van der Waals surface area contributed by atoms with E-state index >= 15 is 0 Å². The molecule has 0 radical (unpaired) electrons. The van der Waals surface area contributed by atoms with Gasteiger partial charge in [-0.1, -0.05) is 37.1 Å². The summed E-state index contributed by atoms with van der Waals surface area (Å²) in [5.41, 5.74) is 0.856. The highest BCUT2D eigenvalue weighted by Crippen LogP contribution is 2.21. The number of aliphatic hydroxyl groups is 1. The number of carbonyl (C=O) groups excluding carboxylic acids is 1. The molecule has 1 amide bonds. The number of unbranched alkanes of at least 4 members (excludes halogenated alkanes) is 3. The van der Waals surface area contributed by atoms with Crippen molar-refractivity contribution in [2.24, 2.45) is 0 Å². The number of carboxylic acid groups (broad SMARTS) is 1. The monoisotopic (exact) mass is 377 g/mol. The van der Waals surface area contributed by atoms with Crippen molar-refractivity contribution in [2.75, 3.05) is 6.54 Å². The predicted molar refractivity (Wildman–Crippen MR) is 101 cm³/mol. The molecule has 0 spiro atoms. The average Bonchev–Trinajstić information content (AvgIpc) is 2.98. The number of carbonyl (C=O) groups is 2. The van der Waals surface area contributed by atoms with Gasteiger partial charge in [-0.25, -0.2) is 4.39 Å². The van der Waals surface area contributed by atoms with E-state index in [1.807, 2.05) is 11.0 Å². The standard InChI is InChI=1S/C21H28FNO4/c22-17-8-6-16(7-9-17)15-19(24)12-10-18-11-13-20(25)23(18)14-4-2-1-3-5-21(26)27/h6-10,12,18-19,24H,1-5,11,13-15H2,(H,26,27)/b12-10+/t18-,19+/m0/s1. The van der Waals surface area contributed by atoms with Gasteiger partial charge in [-0.2, -0.15) is 0 Å². The molecular weight excluding hydrogens is 349 g/mol. The molecule has 1 saturated heterocycles. The molecule has 27 heavy (non-hydrogen) atoms. The van der Waals surface area contributed by atoms with E-state index in [2.05, 4.69) is 0 Å². The molecule has 0 saturated carbocycles. The Morgan fingerprint density at radius 2 is 1.93 bits per heavy atom. The van der Waals surface area contributed by atoms with Gasteiger partial charge in [0.25, 0.3) is 0 Å². The molecule has 2 N–H and O–H groups in total. The molecule has 6 heteroatoms. The van der Waals surface area contributed by atoms with Crippen LogP contribution in [0, 0.1) is 5.82 Å². The summed E-state index contributed by atoms with van der Waals surface area (Å²) >= 11 is 0. The quantitative estimate of drug-likeness (QED) is 0.458. The number of benzene rings is 1. The lowest BCUT2D eigenvalue weighted by Crippen LogP contribution is -2.32. The number of hydrogen-bond donors (Lipinski definition) is 2. The SMILES string of the molecule is O=C(O)CCCCCCN1C(=O)CC[C@@H]1/C=C/[C@@H](O)Cc1ccc(F)cc1. The van der Waals surface area contributed by atoms with Crippen LogP contribution < -0.4 is 0 Å². The van der Waals surface area contributed by atoms with Crippen molar-refractivity contribution in [2.45, 2.75) is 63.5 Å². The molecule has 2 rings (SSSR count). The van der Waals surface area contributed by atoms with E-state index in [4.69, 9.17) is 5.11 Å². The summed E-state index contributed by atoms with van der Waals surface area (Å²) in [6.07, 6.45) is 8.07. The third-order valence-electron chi connectivity index (χ3n) is 4.83. The molecule has 2 atom stereocenters. The number of carboxylic acids is 1. The van der Waals surface area contributed by atoms with Gasteiger partial charge in [-0.3, -0.25) is 9.59 Å². The topological polar surface area (TPSA) is 77.8 Å². The van der Waals surface area contributed by atoms with Crippen molar-refractivity contribution < 1.29 is 24.2 Å². The second-order valence-electron chi connectivity index (χ2n) is 7.03. The Morgan fingerprint density at radius 1 is 1.22 bits per heavy atom. The third kappa shape index (κ3) is 7.51. The first-order valence-corrected chi connectivity index (χ1v) is 9.58. The van der Waals surface area contributed by atoms with E-state index in [9.17, 15) is 19.1 Å². The molecule has 1 aliphatic heterocycles. The van der Waals surface area contributed by atoms with Gasteiger partial charge in [0, 0.05) is 25.8 Å². The fourth-order valence-corrected chi connectivity index (χ4v) is 3.34. The first kappa shape index (κ1) is 21.1. The summed E-state index contributed by atoms with van der Waals surface area (Å²) in [7, 11) is 0. The Bertz CT molecular complexity index is 644. The van der Waals surface area contributed by atoms with Crippen LogP contribution >= 0.6 is 0 Å². The molecule has 1 aliphatic rings. The van der Waals surface area contributed by atoms with Gasteiger partial charge < -0.3 is 15.1 Å². The Labute approximate surface area is 159 Å². The van der Waals surface area contributed by atoms with Crippen molar-refractivity contribution in [1.29, 1.82) is 0 Å². The van der Waals surface area contributed by atoms with Crippen LogP contribution in [0.15, 0.2) is 36.4 Å². The summed E-state index contributed by atoms with van der Waals surface area (Å²) < 4.78 is 12.9. The van der Waals surface area contributed by atoms with Crippen molar-refractivity contribution in [3.8, 4) is 0 Å². The van der Waals surface area contributed by atoms with Gasteiger partial charge in [0.15, 0.2) is 0 Å². The van der Waals surface area contributed by atoms with Gasteiger partial charge in [-0.15, -0.1) is 0 Å². The number of rotatable bonds is 11. The molecule has 5 nitrogen and oxygen atoms in total. The second kappa shape index (κ2) is 10.8. The van der Waals surface area contributed by atoms with Crippen molar-refractivity contribution >= 4 is 11.9 Å². The Balaban J connectivity index is 1.76. The second-order valence-corrected chi connectivity index (χ2v) is 7.03. The zero-order valence-corrected chi connectivity index (χ0v) is 15.5. The molecule has 1 aromatic carbocycles. The van der Waals surface area contributed by atoms with E-state index in [0.717, 1.165) is 31.2 Å². The normalized spacial score (nSPS) is 18.4. The van der Waals surface area contributed by atoms with Gasteiger partial charge in [0.05, 0.1) is 12.1 Å².